The Morgan fingerprint density at radius 2 is 2.04 bits per heavy atom. The van der Waals surface area contributed by atoms with Crippen LogP contribution >= 0.6 is 11.6 Å². The van der Waals surface area contributed by atoms with Crippen LogP contribution in [0.4, 0.5) is 4.79 Å². The lowest BCUT2D eigenvalue weighted by Gasteiger charge is -2.44. The van der Waals surface area contributed by atoms with Gasteiger partial charge in [0.15, 0.2) is 0 Å². The molecule has 1 N–H and O–H groups in total. The van der Waals surface area contributed by atoms with Gasteiger partial charge in [-0.2, -0.15) is 0 Å². The molecule has 0 aromatic heterocycles. The van der Waals surface area contributed by atoms with Crippen LogP contribution in [0.3, 0.4) is 0 Å². The van der Waals surface area contributed by atoms with Gasteiger partial charge >= 0.3 is 12.1 Å². The monoisotopic (exact) mass is 379 g/mol. The molecule has 6 nitrogen and oxygen atoms in total. The summed E-state index contributed by atoms with van der Waals surface area (Å²) in [7, 11) is 0. The van der Waals surface area contributed by atoms with E-state index in [9.17, 15) is 14.7 Å². The summed E-state index contributed by atoms with van der Waals surface area (Å²) in [5.41, 5.74) is 1.29. The minimum atomic E-state index is -1.06. The van der Waals surface area contributed by atoms with E-state index < -0.39 is 11.6 Å². The second-order valence-electron chi connectivity index (χ2n) is 7.54. The smallest absolute Gasteiger partial charge is 0.411 e. The highest BCUT2D eigenvalue weighted by Gasteiger charge is 2.40. The van der Waals surface area contributed by atoms with Crippen LogP contribution in [-0.4, -0.2) is 53.0 Å². The average molecular weight is 380 g/mol. The minimum absolute atomic E-state index is 0.0704. The fourth-order valence-corrected chi connectivity index (χ4v) is 3.50. The molecular weight excluding hydrogens is 358 g/mol. The summed E-state index contributed by atoms with van der Waals surface area (Å²) in [5, 5.41) is 9.48. The van der Waals surface area contributed by atoms with E-state index in [1.807, 2.05) is 26.8 Å². The van der Waals surface area contributed by atoms with E-state index in [1.165, 1.54) is 0 Å². The molecule has 0 radical (unpaired) electrons. The number of carbonyl (C=O) groups is 2. The molecule has 1 aromatic rings. The van der Waals surface area contributed by atoms with E-state index in [0.29, 0.717) is 19.6 Å². The van der Waals surface area contributed by atoms with Crippen LogP contribution in [0.25, 0.3) is 5.57 Å². The highest BCUT2D eigenvalue weighted by molar-refractivity contribution is 6.33. The number of carbonyl (C=O) groups excluding carboxylic acids is 1. The fourth-order valence-electron chi connectivity index (χ4n) is 3.30. The number of fused-ring (bicyclic) bond motifs is 2. The molecule has 1 fully saturated rings. The molecule has 3 rings (SSSR count). The molecule has 2 aliphatic rings. The maximum atomic E-state index is 12.6. The number of nitrogens with zero attached hydrogens (tertiary/aromatic N) is 1. The van der Waals surface area contributed by atoms with E-state index in [-0.39, 0.29) is 28.8 Å². The third-order valence-corrected chi connectivity index (χ3v) is 4.70. The molecule has 1 amide bonds. The number of morpholine rings is 1. The van der Waals surface area contributed by atoms with Crippen molar-refractivity contribution in [1.82, 2.24) is 4.90 Å². The second kappa shape index (κ2) is 6.93. The Hall–Kier alpha value is -2.05. The zero-order valence-electron chi connectivity index (χ0n) is 15.0. The lowest BCUT2D eigenvalue weighted by Crippen LogP contribution is -2.57. The number of hydrogen-bond donors (Lipinski definition) is 1. The van der Waals surface area contributed by atoms with Gasteiger partial charge in [0.05, 0.1) is 35.9 Å². The normalized spacial score (nSPS) is 22.6. The predicted octanol–water partition coefficient (Wildman–Crippen LogP) is 3.83. The highest BCUT2D eigenvalue weighted by atomic mass is 35.5. The van der Waals surface area contributed by atoms with Crippen LogP contribution in [0.5, 0.6) is 0 Å². The number of aromatic carboxylic acids is 1. The lowest BCUT2D eigenvalue weighted by molar-refractivity contribution is -0.0510. The molecule has 0 spiro atoms. The number of rotatable bonds is 2. The van der Waals surface area contributed by atoms with Crippen molar-refractivity contribution < 1.29 is 24.2 Å². The van der Waals surface area contributed by atoms with Crippen LogP contribution < -0.4 is 0 Å². The molecule has 2 heterocycles. The van der Waals surface area contributed by atoms with Crippen molar-refractivity contribution in [3.05, 3.63) is 40.4 Å². The van der Waals surface area contributed by atoms with Crippen LogP contribution in [0.15, 0.2) is 24.3 Å². The molecule has 2 atom stereocenters. The van der Waals surface area contributed by atoms with Crippen molar-refractivity contribution in [2.45, 2.75) is 44.9 Å². The number of carboxylic acid groups (broad SMARTS) is 1. The number of hydrogen-bond acceptors (Lipinski definition) is 4. The standard InChI is InChI=1S/C19H22ClNO5/c1-19(2,3)26-18(24)21-13-6-12(7-14(21)10-25-9-13)11-4-5-16(20)15(8-11)17(22)23/h4-6,8,13-14H,7,9-10H2,1-3H3,(H,22,23). The van der Waals surface area contributed by atoms with Crippen LogP contribution in [0.1, 0.15) is 43.1 Å². The zero-order chi connectivity index (χ0) is 19.1. The maximum Gasteiger partial charge on any atom is 0.411 e. The quantitative estimate of drug-likeness (QED) is 0.845. The first-order chi connectivity index (χ1) is 12.2. The van der Waals surface area contributed by atoms with Gasteiger partial charge < -0.3 is 14.6 Å². The molecule has 2 bridgehead atoms. The van der Waals surface area contributed by atoms with E-state index in [2.05, 4.69) is 0 Å². The van der Waals surface area contributed by atoms with E-state index in [1.54, 1.807) is 23.1 Å². The van der Waals surface area contributed by atoms with Crippen molar-refractivity contribution in [3.8, 4) is 0 Å². The van der Waals surface area contributed by atoms with Crippen molar-refractivity contribution in [3.63, 3.8) is 0 Å². The average Bonchev–Trinajstić information content (AvgIpc) is 2.52. The van der Waals surface area contributed by atoms with Gasteiger partial charge in [-0.1, -0.05) is 23.7 Å². The summed E-state index contributed by atoms with van der Waals surface area (Å²) in [6.45, 7) is 6.32. The minimum Gasteiger partial charge on any atom is -0.478 e. The predicted molar refractivity (Wildman–Crippen MR) is 97.5 cm³/mol. The van der Waals surface area contributed by atoms with Crippen molar-refractivity contribution >= 4 is 29.2 Å². The molecule has 0 aliphatic carbocycles. The van der Waals surface area contributed by atoms with Gasteiger partial charge in [0.2, 0.25) is 0 Å². The summed E-state index contributed by atoms with van der Waals surface area (Å²) < 4.78 is 11.1. The number of amides is 1. The summed E-state index contributed by atoms with van der Waals surface area (Å²) in [5.74, 6) is -1.06. The molecule has 2 unspecified atom stereocenters. The largest absolute Gasteiger partial charge is 0.478 e. The fraction of sp³-hybridized carbons (Fsp3) is 0.474. The van der Waals surface area contributed by atoms with E-state index in [4.69, 9.17) is 21.1 Å². The van der Waals surface area contributed by atoms with Gasteiger partial charge in [-0.3, -0.25) is 4.90 Å². The SMILES string of the molecule is CC(C)(C)OC(=O)N1C2C=C(c3ccc(Cl)c(C(=O)O)c3)CC1COC2. The number of ether oxygens (including phenoxy) is 2. The molecule has 1 aromatic carbocycles. The highest BCUT2D eigenvalue weighted by Crippen LogP contribution is 2.34. The van der Waals surface area contributed by atoms with Gasteiger partial charge in [0, 0.05) is 0 Å². The topological polar surface area (TPSA) is 76.1 Å². The van der Waals surface area contributed by atoms with Crippen LogP contribution in [0.2, 0.25) is 5.02 Å². The third kappa shape index (κ3) is 3.86. The zero-order valence-corrected chi connectivity index (χ0v) is 15.7. The Bertz CT molecular complexity index is 768. The first-order valence-corrected chi connectivity index (χ1v) is 8.86. The Labute approximate surface area is 157 Å². The molecule has 26 heavy (non-hydrogen) atoms. The van der Waals surface area contributed by atoms with Gasteiger partial charge in [-0.15, -0.1) is 0 Å². The maximum absolute atomic E-state index is 12.6. The van der Waals surface area contributed by atoms with Gasteiger partial charge in [0.1, 0.15) is 5.60 Å². The van der Waals surface area contributed by atoms with Gasteiger partial charge in [0.25, 0.3) is 0 Å². The summed E-state index contributed by atoms with van der Waals surface area (Å²) >= 11 is 5.96. The van der Waals surface area contributed by atoms with E-state index >= 15 is 0 Å². The Balaban J connectivity index is 1.90. The molecule has 140 valence electrons. The van der Waals surface area contributed by atoms with Crippen molar-refractivity contribution in [1.29, 1.82) is 0 Å². The summed E-state index contributed by atoms with van der Waals surface area (Å²) in [6.07, 6.45) is 2.17. The van der Waals surface area contributed by atoms with Crippen molar-refractivity contribution in [2.24, 2.45) is 0 Å². The van der Waals surface area contributed by atoms with Crippen LogP contribution in [0, 0.1) is 0 Å². The summed E-state index contributed by atoms with van der Waals surface area (Å²) in [4.78, 5) is 25.6. The number of benzene rings is 1. The van der Waals surface area contributed by atoms with Gasteiger partial charge in [-0.05, 0) is 50.5 Å². The van der Waals surface area contributed by atoms with E-state index in [0.717, 1.165) is 11.1 Å². The first-order valence-electron chi connectivity index (χ1n) is 8.48. The molecular formula is C19H22ClNO5. The molecule has 1 saturated heterocycles. The second-order valence-corrected chi connectivity index (χ2v) is 7.95. The Morgan fingerprint density at radius 3 is 2.65 bits per heavy atom. The van der Waals surface area contributed by atoms with Crippen molar-refractivity contribution in [2.75, 3.05) is 13.2 Å². The molecule has 0 saturated carbocycles. The lowest BCUT2D eigenvalue weighted by atomic mass is 9.89. The molecule has 7 heteroatoms. The van der Waals surface area contributed by atoms with Crippen LogP contribution in [-0.2, 0) is 9.47 Å². The Kier molecular flexibility index (Phi) is 4.99. The number of halogens is 1. The molecule has 2 aliphatic heterocycles. The van der Waals surface area contributed by atoms with Gasteiger partial charge in [-0.25, -0.2) is 9.59 Å². The number of carboxylic acids is 1. The summed E-state index contributed by atoms with van der Waals surface area (Å²) in [6, 6.07) is 4.59. The third-order valence-electron chi connectivity index (χ3n) is 4.37. The Morgan fingerprint density at radius 1 is 1.31 bits per heavy atom. The first kappa shape index (κ1) is 18.7.